The first-order valence-corrected chi connectivity index (χ1v) is 10.3. The van der Waals surface area contributed by atoms with Crippen LogP contribution in [0.2, 0.25) is 0 Å². The highest BCUT2D eigenvalue weighted by Crippen LogP contribution is 2.15. The van der Waals surface area contributed by atoms with Crippen molar-refractivity contribution in [3.63, 3.8) is 0 Å². The van der Waals surface area contributed by atoms with Gasteiger partial charge in [0.2, 0.25) is 0 Å². The molecule has 0 spiro atoms. The Bertz CT molecular complexity index is 790. The van der Waals surface area contributed by atoms with E-state index in [1.807, 2.05) is 50.2 Å². The maximum atomic E-state index is 12.2. The molecule has 168 valence electrons. The molecule has 6 heteroatoms. The van der Waals surface area contributed by atoms with Crippen LogP contribution in [-0.2, 0) is 14.3 Å². The van der Waals surface area contributed by atoms with Crippen molar-refractivity contribution in [2.75, 3.05) is 13.2 Å². The molecule has 0 aliphatic carbocycles. The summed E-state index contributed by atoms with van der Waals surface area (Å²) in [5.74, 6) is 0.707. The van der Waals surface area contributed by atoms with Gasteiger partial charge < -0.3 is 14.3 Å². The zero-order valence-electron chi connectivity index (χ0n) is 19.0. The first-order chi connectivity index (χ1) is 14.8. The van der Waals surface area contributed by atoms with Crippen molar-refractivity contribution < 1.29 is 23.9 Å². The number of carbonyl (C=O) groups excluding carboxylic acids is 3. The van der Waals surface area contributed by atoms with Gasteiger partial charge in [0.15, 0.2) is 5.78 Å². The van der Waals surface area contributed by atoms with Crippen molar-refractivity contribution in [2.45, 2.75) is 41.0 Å². The molecule has 0 unspecified atom stereocenters. The van der Waals surface area contributed by atoms with Crippen LogP contribution >= 0.6 is 12.2 Å². The molecule has 0 atom stereocenters. The molecule has 0 N–H and O–H groups in total. The predicted octanol–water partition coefficient (Wildman–Crippen LogP) is 5.56. The summed E-state index contributed by atoms with van der Waals surface area (Å²) in [6, 6.07) is 14.8. The highest BCUT2D eigenvalue weighted by atomic mass is 32.1. The molecular formula is C25H32O5S. The maximum Gasteiger partial charge on any atom is 0.305 e. The van der Waals surface area contributed by atoms with Crippen LogP contribution in [0.5, 0.6) is 5.75 Å². The molecule has 0 radical (unpaired) electrons. The van der Waals surface area contributed by atoms with E-state index in [1.54, 1.807) is 26.0 Å². The second-order valence-electron chi connectivity index (χ2n) is 5.69. The SMILES string of the molecule is C=C=S.CC=O.CCOC(=O)CC.CCOc1ccc(C(=O)c2ccc(C)cc2)cc1. The first kappa shape index (κ1) is 30.1. The zero-order valence-corrected chi connectivity index (χ0v) is 19.8. The average Bonchev–Trinajstić information content (AvgIpc) is 2.76. The summed E-state index contributed by atoms with van der Waals surface area (Å²) in [5, 5.41) is 2.08. The maximum absolute atomic E-state index is 12.2. The van der Waals surface area contributed by atoms with Gasteiger partial charge in [0.25, 0.3) is 0 Å². The minimum atomic E-state index is -0.123. The lowest BCUT2D eigenvalue weighted by Crippen LogP contribution is -2.01. The molecule has 0 saturated carbocycles. The molecule has 0 fully saturated rings. The fraction of sp³-hybridized carbons (Fsp3) is 0.320. The number of thiocarbonyl (C=S) groups is 1. The van der Waals surface area contributed by atoms with Gasteiger partial charge >= 0.3 is 5.97 Å². The Kier molecular flexibility index (Phi) is 19.6. The molecule has 31 heavy (non-hydrogen) atoms. The summed E-state index contributed by atoms with van der Waals surface area (Å²) in [4.78, 5) is 31.2. The number of ether oxygens (including phenoxy) is 2. The van der Waals surface area contributed by atoms with Crippen LogP contribution in [0.15, 0.2) is 55.1 Å². The largest absolute Gasteiger partial charge is 0.494 e. The van der Waals surface area contributed by atoms with Crippen molar-refractivity contribution in [2.24, 2.45) is 0 Å². The highest BCUT2D eigenvalue weighted by molar-refractivity contribution is 7.78. The second kappa shape index (κ2) is 20.2. The Hall–Kier alpha value is -3.08. The van der Waals surface area contributed by atoms with E-state index < -0.39 is 0 Å². The second-order valence-corrected chi connectivity index (χ2v) is 5.98. The summed E-state index contributed by atoms with van der Waals surface area (Å²) >= 11 is 4.03. The van der Waals surface area contributed by atoms with Crippen LogP contribution in [0.4, 0.5) is 0 Å². The van der Waals surface area contributed by atoms with Crippen molar-refractivity contribution in [3.8, 4) is 5.75 Å². The third-order valence-corrected chi connectivity index (χ3v) is 3.34. The van der Waals surface area contributed by atoms with Crippen molar-refractivity contribution in [1.82, 2.24) is 0 Å². The Morgan fingerprint density at radius 1 is 0.968 bits per heavy atom. The fourth-order valence-electron chi connectivity index (χ4n) is 2.00. The topological polar surface area (TPSA) is 69.7 Å². The predicted molar refractivity (Wildman–Crippen MR) is 129 cm³/mol. The van der Waals surface area contributed by atoms with Gasteiger partial charge in [-0.3, -0.25) is 9.59 Å². The first-order valence-electron chi connectivity index (χ1n) is 9.88. The Morgan fingerprint density at radius 2 is 1.39 bits per heavy atom. The van der Waals surface area contributed by atoms with Gasteiger partial charge in [-0.1, -0.05) is 41.8 Å². The Labute approximate surface area is 191 Å². The molecule has 2 aromatic carbocycles. The lowest BCUT2D eigenvalue weighted by molar-refractivity contribution is -0.142. The van der Waals surface area contributed by atoms with E-state index in [0.717, 1.165) is 17.6 Å². The van der Waals surface area contributed by atoms with Crippen LogP contribution in [0.3, 0.4) is 0 Å². The van der Waals surface area contributed by atoms with Gasteiger partial charge in [0.1, 0.15) is 12.0 Å². The van der Waals surface area contributed by atoms with Crippen molar-refractivity contribution in [3.05, 3.63) is 71.8 Å². The van der Waals surface area contributed by atoms with Gasteiger partial charge in [-0.15, -0.1) is 0 Å². The molecule has 0 heterocycles. The Morgan fingerprint density at radius 3 is 1.71 bits per heavy atom. The normalized spacial score (nSPS) is 8.42. The van der Waals surface area contributed by atoms with E-state index in [-0.39, 0.29) is 11.8 Å². The van der Waals surface area contributed by atoms with Crippen LogP contribution in [-0.4, -0.2) is 36.3 Å². The number of aldehydes is 1. The summed E-state index contributed by atoms with van der Waals surface area (Å²) in [6.07, 6.45) is 1.23. The van der Waals surface area contributed by atoms with Gasteiger partial charge in [0.05, 0.1) is 13.2 Å². The minimum Gasteiger partial charge on any atom is -0.494 e. The van der Waals surface area contributed by atoms with E-state index >= 15 is 0 Å². The van der Waals surface area contributed by atoms with Crippen LogP contribution in [0, 0.1) is 6.92 Å². The standard InChI is InChI=1S/C16H16O2.C5H10O2.C2H4O.C2H2S/c1-3-18-15-10-8-14(9-11-15)16(17)13-6-4-12(2)5-7-13;1-3-5(6)7-4-2;2*1-2-3/h4-11H,3H2,1-2H3;3-4H2,1-2H3;2H,1H3;1H2. The molecule has 2 rings (SSSR count). The van der Waals surface area contributed by atoms with Gasteiger partial charge in [-0.25, -0.2) is 0 Å². The minimum absolute atomic E-state index is 0.0399. The number of hydrogen-bond acceptors (Lipinski definition) is 6. The van der Waals surface area contributed by atoms with E-state index in [2.05, 4.69) is 28.6 Å². The smallest absolute Gasteiger partial charge is 0.305 e. The summed E-state index contributed by atoms with van der Waals surface area (Å²) in [7, 11) is 0. The van der Waals surface area contributed by atoms with Gasteiger partial charge in [-0.2, -0.15) is 0 Å². The monoisotopic (exact) mass is 444 g/mol. The molecule has 0 amide bonds. The highest BCUT2D eigenvalue weighted by Gasteiger charge is 2.08. The number of rotatable bonds is 6. The third-order valence-electron chi connectivity index (χ3n) is 3.34. The number of aryl methyl sites for hydroxylation is 1. The lowest BCUT2D eigenvalue weighted by atomic mass is 10.0. The summed E-state index contributed by atoms with van der Waals surface area (Å²) < 4.78 is 9.90. The van der Waals surface area contributed by atoms with E-state index in [0.29, 0.717) is 30.8 Å². The molecule has 0 bridgehead atoms. The van der Waals surface area contributed by atoms with Crippen LogP contribution < -0.4 is 4.74 Å². The average molecular weight is 445 g/mol. The number of benzene rings is 2. The quantitative estimate of drug-likeness (QED) is 0.251. The van der Waals surface area contributed by atoms with E-state index in [1.165, 1.54) is 6.92 Å². The zero-order chi connectivity index (χ0) is 24.1. The molecule has 0 aliphatic heterocycles. The molecule has 2 aromatic rings. The molecule has 0 saturated heterocycles. The molecule has 0 aliphatic rings. The van der Waals surface area contributed by atoms with Gasteiger partial charge in [-0.05, 0) is 70.8 Å². The number of ketones is 1. The third kappa shape index (κ3) is 15.4. The van der Waals surface area contributed by atoms with E-state index in [4.69, 9.17) is 9.53 Å². The number of hydrogen-bond donors (Lipinski definition) is 0. The van der Waals surface area contributed by atoms with Crippen LogP contribution in [0.25, 0.3) is 0 Å². The van der Waals surface area contributed by atoms with E-state index in [9.17, 15) is 9.59 Å². The van der Waals surface area contributed by atoms with Crippen molar-refractivity contribution >= 4 is 35.3 Å². The lowest BCUT2D eigenvalue weighted by Gasteiger charge is -2.05. The summed E-state index contributed by atoms with van der Waals surface area (Å²) in [6.45, 7) is 13.1. The molecule has 5 nitrogen and oxygen atoms in total. The molecule has 0 aromatic heterocycles. The van der Waals surface area contributed by atoms with Crippen LogP contribution in [0.1, 0.15) is 55.6 Å². The number of carbonyl (C=O) groups is 3. The summed E-state index contributed by atoms with van der Waals surface area (Å²) in [5.41, 5.74) is 2.55. The van der Waals surface area contributed by atoms with Crippen molar-refractivity contribution in [1.29, 1.82) is 0 Å². The Balaban J connectivity index is 0. The fourth-order valence-corrected chi connectivity index (χ4v) is 2.00. The van der Waals surface area contributed by atoms with Gasteiger partial charge in [0, 0.05) is 17.5 Å². The molecular weight excluding hydrogens is 412 g/mol. The number of esters is 1.